The number of hydrazine groups is 2. The molecule has 1 aromatic heterocycles. The van der Waals surface area contributed by atoms with Gasteiger partial charge in [0.1, 0.15) is 18.0 Å². The van der Waals surface area contributed by atoms with Crippen LogP contribution < -0.4 is 21.6 Å². The monoisotopic (exact) mass is 613 g/mol. The molecular weight excluding hydrogens is 584 g/mol. The Morgan fingerprint density at radius 1 is 1.02 bits per heavy atom. The lowest BCUT2D eigenvalue weighted by atomic mass is 10.00. The molecule has 0 bridgehead atoms. The van der Waals surface area contributed by atoms with Gasteiger partial charge in [0.15, 0.2) is 5.54 Å². The summed E-state index contributed by atoms with van der Waals surface area (Å²) in [5, 5.41) is 28.0. The molecular formula is C33H28F4N8. The van der Waals surface area contributed by atoms with Crippen molar-refractivity contribution in [3.63, 3.8) is 0 Å². The average molecular weight is 614 g/mol. The van der Waals surface area contributed by atoms with E-state index in [2.05, 4.69) is 38.7 Å². The minimum absolute atomic E-state index is 0.00520. The molecule has 1 saturated carbocycles. The van der Waals surface area contributed by atoms with Gasteiger partial charge in [0.2, 0.25) is 0 Å². The van der Waals surface area contributed by atoms with Gasteiger partial charge < -0.3 is 16.1 Å². The number of pyridine rings is 1. The predicted molar refractivity (Wildman–Crippen MR) is 161 cm³/mol. The van der Waals surface area contributed by atoms with Crippen LogP contribution in [0, 0.1) is 28.5 Å². The number of rotatable bonds is 9. The molecule has 0 saturated heterocycles. The van der Waals surface area contributed by atoms with Gasteiger partial charge >= 0.3 is 6.18 Å². The van der Waals surface area contributed by atoms with Crippen molar-refractivity contribution >= 4 is 22.3 Å². The maximum absolute atomic E-state index is 13.9. The van der Waals surface area contributed by atoms with E-state index in [0.29, 0.717) is 23.0 Å². The quantitative estimate of drug-likeness (QED) is 0.148. The number of benzene rings is 3. The third-order valence-corrected chi connectivity index (χ3v) is 8.09. The Morgan fingerprint density at radius 3 is 2.36 bits per heavy atom. The number of anilines is 2. The van der Waals surface area contributed by atoms with Crippen LogP contribution in [0.2, 0.25) is 0 Å². The Bertz CT molecular complexity index is 1900. The van der Waals surface area contributed by atoms with Crippen LogP contribution in [0.1, 0.15) is 61.9 Å². The SMILES string of the molecule is [2H][C@](Nc1cc(C#N)c2ncc(C#N)c(N[C@H](CC)c3ccccc3)c2c1)(C1=CN(C2(C(F)(F)F)CC2)NN1)c1ccc(F)cc1. The molecule has 0 unspecified atom stereocenters. The molecule has 0 amide bonds. The van der Waals surface area contributed by atoms with Crippen molar-refractivity contribution in [2.45, 2.75) is 50.0 Å². The lowest BCUT2D eigenvalue weighted by Gasteiger charge is -2.28. The van der Waals surface area contributed by atoms with Gasteiger partial charge in [-0.3, -0.25) is 9.99 Å². The first-order valence-electron chi connectivity index (χ1n) is 14.8. The van der Waals surface area contributed by atoms with Crippen molar-refractivity contribution < 1.29 is 18.9 Å². The highest BCUT2D eigenvalue weighted by atomic mass is 19.4. The number of fused-ring (bicyclic) bond motifs is 1. The van der Waals surface area contributed by atoms with Crippen LogP contribution in [0.5, 0.6) is 0 Å². The molecule has 8 nitrogen and oxygen atoms in total. The van der Waals surface area contributed by atoms with Crippen LogP contribution >= 0.6 is 0 Å². The molecule has 0 radical (unpaired) electrons. The molecule has 2 heterocycles. The summed E-state index contributed by atoms with van der Waals surface area (Å²) in [6, 6.07) is 19.9. The zero-order valence-electron chi connectivity index (χ0n) is 25.0. The van der Waals surface area contributed by atoms with Crippen molar-refractivity contribution in [2.24, 2.45) is 0 Å². The number of aromatic nitrogens is 1. The summed E-state index contributed by atoms with van der Waals surface area (Å²) in [4.78, 5) is 4.39. The smallest absolute Gasteiger partial charge is 0.377 e. The number of nitriles is 2. The molecule has 2 aliphatic rings. The van der Waals surface area contributed by atoms with E-state index in [4.69, 9.17) is 0 Å². The van der Waals surface area contributed by atoms with Crippen LogP contribution in [-0.2, 0) is 0 Å². The summed E-state index contributed by atoms with van der Waals surface area (Å²) in [5.74, 6) is -0.555. The summed E-state index contributed by atoms with van der Waals surface area (Å²) in [6.07, 6.45) is -1.51. The van der Waals surface area contributed by atoms with E-state index < -0.39 is 23.6 Å². The minimum Gasteiger partial charge on any atom is -0.377 e. The summed E-state index contributed by atoms with van der Waals surface area (Å²) >= 11 is 0. The Balaban J connectivity index is 1.47. The van der Waals surface area contributed by atoms with Gasteiger partial charge in [-0.05, 0) is 54.7 Å². The molecule has 12 heteroatoms. The summed E-state index contributed by atoms with van der Waals surface area (Å²) < 4.78 is 65.3. The van der Waals surface area contributed by atoms with Crippen molar-refractivity contribution in [3.8, 4) is 12.1 Å². The van der Waals surface area contributed by atoms with Gasteiger partial charge in [0.25, 0.3) is 0 Å². The topological polar surface area (TPSA) is 112 Å². The molecule has 2 atom stereocenters. The summed E-state index contributed by atoms with van der Waals surface area (Å²) in [6.45, 7) is 2.00. The van der Waals surface area contributed by atoms with E-state index in [0.717, 1.165) is 22.7 Å². The van der Waals surface area contributed by atoms with Crippen LogP contribution in [-0.4, -0.2) is 21.7 Å². The van der Waals surface area contributed by atoms with Crippen LogP contribution in [0.4, 0.5) is 28.9 Å². The van der Waals surface area contributed by atoms with Crippen LogP contribution in [0.25, 0.3) is 10.9 Å². The molecule has 3 aromatic carbocycles. The third-order valence-electron chi connectivity index (χ3n) is 8.09. The highest BCUT2D eigenvalue weighted by Gasteiger charge is 2.67. The fraction of sp³-hybridized carbons (Fsp3) is 0.242. The van der Waals surface area contributed by atoms with Crippen LogP contribution in [0.3, 0.4) is 0 Å². The second-order valence-electron chi connectivity index (χ2n) is 10.9. The zero-order chi connectivity index (χ0) is 32.7. The van der Waals surface area contributed by atoms with Gasteiger partial charge in [-0.2, -0.15) is 23.7 Å². The second-order valence-corrected chi connectivity index (χ2v) is 10.9. The normalized spacial score (nSPS) is 17.6. The van der Waals surface area contributed by atoms with E-state index in [9.17, 15) is 29.5 Å². The molecule has 0 spiro atoms. The van der Waals surface area contributed by atoms with E-state index in [1.807, 2.05) is 37.3 Å². The van der Waals surface area contributed by atoms with Gasteiger partial charge in [-0.25, -0.2) is 4.39 Å². The molecule has 4 N–H and O–H groups in total. The van der Waals surface area contributed by atoms with Crippen LogP contribution in [0.15, 0.2) is 84.8 Å². The standard InChI is InChI=1S/C33H28F4N8/c1-2-27(20-6-4-3-5-7-20)42-30-23(17-39)18-40-29-22(16-38)14-25(15-26(29)30)41-31(21-8-10-24(34)11-9-21)28-19-45(44-43-28)32(12-13-32)33(35,36)37/h3-11,14-15,18-19,27,31,41,43-44H,2,12-13H2,1H3,(H,40,42)/t27-,31-/m1/s1/i31D. The Labute approximate surface area is 258 Å². The van der Waals surface area contributed by atoms with E-state index in [-0.39, 0.29) is 47.0 Å². The van der Waals surface area contributed by atoms with Crippen molar-refractivity contribution in [1.82, 2.24) is 21.0 Å². The predicted octanol–water partition coefficient (Wildman–Crippen LogP) is 7.09. The Hall–Kier alpha value is -5.33. The number of hydrogen-bond donors (Lipinski definition) is 4. The van der Waals surface area contributed by atoms with Crippen molar-refractivity contribution in [1.29, 1.82) is 10.5 Å². The first-order valence-corrected chi connectivity index (χ1v) is 14.3. The fourth-order valence-corrected chi connectivity index (χ4v) is 5.49. The van der Waals surface area contributed by atoms with Crippen molar-refractivity contribution in [2.75, 3.05) is 10.6 Å². The molecule has 4 aromatic rings. The Kier molecular flexibility index (Phi) is 7.35. The number of nitrogens with zero attached hydrogens (tertiary/aromatic N) is 4. The number of nitrogens with one attached hydrogen (secondary N) is 4. The third kappa shape index (κ3) is 5.56. The zero-order valence-corrected chi connectivity index (χ0v) is 24.0. The average Bonchev–Trinajstić information content (AvgIpc) is 3.73. The molecule has 45 heavy (non-hydrogen) atoms. The second kappa shape index (κ2) is 11.6. The number of alkyl halides is 3. The molecule has 1 aliphatic carbocycles. The maximum Gasteiger partial charge on any atom is 0.413 e. The summed E-state index contributed by atoms with van der Waals surface area (Å²) in [7, 11) is 0. The molecule has 1 aliphatic heterocycles. The summed E-state index contributed by atoms with van der Waals surface area (Å²) in [5.41, 5.74) is 5.71. The highest BCUT2D eigenvalue weighted by molar-refractivity contribution is 5.99. The largest absolute Gasteiger partial charge is 0.413 e. The van der Waals surface area contributed by atoms with E-state index in [1.165, 1.54) is 30.6 Å². The first-order chi connectivity index (χ1) is 22.0. The lowest BCUT2D eigenvalue weighted by molar-refractivity contribution is -0.195. The van der Waals surface area contributed by atoms with Gasteiger partial charge in [-0.15, -0.1) is 5.53 Å². The molecule has 228 valence electrons. The lowest BCUT2D eigenvalue weighted by Crippen LogP contribution is -2.52. The molecule has 1 fully saturated rings. The maximum atomic E-state index is 13.9. The number of hydrogen-bond acceptors (Lipinski definition) is 8. The van der Waals surface area contributed by atoms with Gasteiger partial charge in [0.05, 0.1) is 41.5 Å². The molecule has 6 rings (SSSR count). The number of halogens is 4. The minimum atomic E-state index is -4.52. The fourth-order valence-electron chi connectivity index (χ4n) is 5.49. The van der Waals surface area contributed by atoms with Crippen molar-refractivity contribution in [3.05, 3.63) is 113 Å². The van der Waals surface area contributed by atoms with E-state index >= 15 is 0 Å². The highest BCUT2D eigenvalue weighted by Crippen LogP contribution is 2.53. The van der Waals surface area contributed by atoms with Gasteiger partial charge in [-0.1, -0.05) is 49.4 Å². The first kappa shape index (κ1) is 28.4. The van der Waals surface area contributed by atoms with E-state index in [1.54, 1.807) is 6.07 Å². The Morgan fingerprint density at radius 2 is 1.73 bits per heavy atom. The van der Waals surface area contributed by atoms with Gasteiger partial charge in [0, 0.05) is 23.5 Å².